The molecule has 0 bridgehead atoms. The first-order valence-electron chi connectivity index (χ1n) is 8.99. The van der Waals surface area contributed by atoms with Crippen LogP contribution in [0.2, 0.25) is 0 Å². The van der Waals surface area contributed by atoms with Crippen LogP contribution < -0.4 is 0 Å². The van der Waals surface area contributed by atoms with E-state index >= 15 is 0 Å². The summed E-state index contributed by atoms with van der Waals surface area (Å²) in [6, 6.07) is 11.0. The zero-order chi connectivity index (χ0) is 19.9. The monoisotopic (exact) mass is 365 g/mol. The van der Waals surface area contributed by atoms with Crippen LogP contribution in [-0.2, 0) is 14.3 Å². The highest BCUT2D eigenvalue weighted by Crippen LogP contribution is 2.32. The highest BCUT2D eigenvalue weighted by molar-refractivity contribution is 5.90. The highest BCUT2D eigenvalue weighted by atomic mass is 16.5. The fraction of sp³-hybridized carbons (Fsp3) is 0.429. The molecule has 0 heterocycles. The maximum atomic E-state index is 12.6. The van der Waals surface area contributed by atoms with Crippen molar-refractivity contribution in [2.24, 2.45) is 0 Å². The topological polar surface area (TPSA) is 94.2 Å². The fourth-order valence-electron chi connectivity index (χ4n) is 3.24. The molecule has 1 aromatic carbocycles. The van der Waals surface area contributed by atoms with E-state index in [-0.39, 0.29) is 5.91 Å². The predicted molar refractivity (Wildman–Crippen MR) is 99.9 cm³/mol. The number of likely N-dealkylation sites (N-methyl/N-ethyl adjacent to an activating group) is 1. The average molecular weight is 365 g/mol. The Balaban J connectivity index is 1.96. The van der Waals surface area contributed by atoms with Gasteiger partial charge in [-0.2, -0.15) is 10.5 Å². The molecule has 0 N–H and O–H groups in total. The molecule has 1 aliphatic carbocycles. The maximum absolute atomic E-state index is 12.6. The molecule has 6 nitrogen and oxygen atoms in total. The zero-order valence-electron chi connectivity index (χ0n) is 15.6. The van der Waals surface area contributed by atoms with Crippen molar-refractivity contribution >= 4 is 18.0 Å². The first kappa shape index (κ1) is 20.2. The summed E-state index contributed by atoms with van der Waals surface area (Å²) >= 11 is 0. The minimum atomic E-state index is -0.972. The Hall–Kier alpha value is -3.12. The number of amides is 1. The predicted octanol–water partition coefficient (Wildman–Crippen LogP) is 3.19. The first-order valence-corrected chi connectivity index (χ1v) is 8.99. The van der Waals surface area contributed by atoms with Crippen LogP contribution in [0.1, 0.15) is 50.2 Å². The van der Waals surface area contributed by atoms with Gasteiger partial charge in [-0.05, 0) is 43.5 Å². The lowest BCUT2D eigenvalue weighted by Gasteiger charge is -2.39. The van der Waals surface area contributed by atoms with Crippen LogP contribution in [0.4, 0.5) is 0 Å². The van der Waals surface area contributed by atoms with E-state index in [4.69, 9.17) is 10.00 Å². The van der Waals surface area contributed by atoms with Gasteiger partial charge in [-0.15, -0.1) is 0 Å². The second kappa shape index (κ2) is 9.00. The summed E-state index contributed by atoms with van der Waals surface area (Å²) in [5.41, 5.74) is 0.465. The van der Waals surface area contributed by atoms with E-state index in [1.54, 1.807) is 37.4 Å². The number of nitriles is 2. The fourth-order valence-corrected chi connectivity index (χ4v) is 3.24. The van der Waals surface area contributed by atoms with E-state index in [1.807, 2.05) is 6.07 Å². The number of ether oxygens (including phenoxy) is 1. The van der Waals surface area contributed by atoms with Crippen molar-refractivity contribution in [3.05, 3.63) is 41.5 Å². The van der Waals surface area contributed by atoms with E-state index in [9.17, 15) is 14.9 Å². The van der Waals surface area contributed by atoms with Gasteiger partial charge in [0.15, 0.2) is 6.10 Å². The Morgan fingerprint density at radius 3 is 2.37 bits per heavy atom. The molecule has 27 heavy (non-hydrogen) atoms. The van der Waals surface area contributed by atoms with Gasteiger partial charge < -0.3 is 9.64 Å². The second-order valence-electron chi connectivity index (χ2n) is 6.75. The van der Waals surface area contributed by atoms with Gasteiger partial charge in [0.05, 0.1) is 17.7 Å². The Morgan fingerprint density at radius 1 is 1.19 bits per heavy atom. The number of hydrogen-bond donors (Lipinski definition) is 0. The lowest BCUT2D eigenvalue weighted by Crippen LogP contribution is -2.53. The minimum Gasteiger partial charge on any atom is -0.449 e. The standard InChI is InChI=1S/C21H23N3O3/c1-16(20(26)24(2)21(15-23)12-4-3-5-13-21)27-19(25)11-10-17-6-8-18(14-22)9-7-17/h6-11,16H,3-5,12-13H2,1-2H3/b11-10+/t16-/m0/s1. The van der Waals surface area contributed by atoms with E-state index < -0.39 is 17.6 Å². The molecular weight excluding hydrogens is 342 g/mol. The van der Waals surface area contributed by atoms with Gasteiger partial charge in [-0.1, -0.05) is 31.4 Å². The summed E-state index contributed by atoms with van der Waals surface area (Å²) in [5.74, 6) is -1.01. The molecule has 1 aliphatic rings. The van der Waals surface area contributed by atoms with Crippen LogP contribution >= 0.6 is 0 Å². The Kier molecular flexibility index (Phi) is 6.73. The molecule has 0 aliphatic heterocycles. The van der Waals surface area contributed by atoms with Crippen LogP contribution in [-0.4, -0.2) is 35.5 Å². The molecule has 1 atom stereocenters. The van der Waals surface area contributed by atoms with E-state index in [2.05, 4.69) is 6.07 Å². The molecule has 0 aromatic heterocycles. The van der Waals surface area contributed by atoms with Crippen LogP contribution in [0.25, 0.3) is 6.08 Å². The van der Waals surface area contributed by atoms with E-state index in [0.29, 0.717) is 18.4 Å². The molecule has 1 saturated carbocycles. The Labute approximate surface area is 159 Å². The van der Waals surface area contributed by atoms with Crippen LogP contribution in [0.3, 0.4) is 0 Å². The molecular formula is C21H23N3O3. The molecule has 0 saturated heterocycles. The maximum Gasteiger partial charge on any atom is 0.331 e. The Bertz CT molecular complexity index is 793. The Morgan fingerprint density at radius 2 is 1.81 bits per heavy atom. The third-order valence-electron chi connectivity index (χ3n) is 4.95. The first-order chi connectivity index (χ1) is 12.9. The smallest absolute Gasteiger partial charge is 0.331 e. The summed E-state index contributed by atoms with van der Waals surface area (Å²) in [7, 11) is 1.60. The largest absolute Gasteiger partial charge is 0.449 e. The average Bonchev–Trinajstić information content (AvgIpc) is 2.71. The second-order valence-corrected chi connectivity index (χ2v) is 6.75. The van der Waals surface area contributed by atoms with Crippen molar-refractivity contribution < 1.29 is 14.3 Å². The molecule has 0 radical (unpaired) electrons. The number of benzene rings is 1. The summed E-state index contributed by atoms with van der Waals surface area (Å²) in [6.07, 6.45) is 6.00. The normalized spacial score (nSPS) is 16.7. The highest BCUT2D eigenvalue weighted by Gasteiger charge is 2.40. The van der Waals surface area contributed by atoms with Crippen molar-refractivity contribution in [1.29, 1.82) is 10.5 Å². The molecule has 1 amide bonds. The van der Waals surface area contributed by atoms with Gasteiger partial charge >= 0.3 is 5.97 Å². The quantitative estimate of drug-likeness (QED) is 0.590. The molecule has 0 spiro atoms. The van der Waals surface area contributed by atoms with Crippen LogP contribution in [0.5, 0.6) is 0 Å². The lowest BCUT2D eigenvalue weighted by atomic mass is 9.81. The third kappa shape index (κ3) is 4.95. The van der Waals surface area contributed by atoms with Gasteiger partial charge in [-0.25, -0.2) is 4.79 Å². The number of esters is 1. The van der Waals surface area contributed by atoms with E-state index in [0.717, 1.165) is 24.8 Å². The summed E-state index contributed by atoms with van der Waals surface area (Å²) in [4.78, 5) is 26.1. The number of nitrogens with zero attached hydrogens (tertiary/aromatic N) is 3. The van der Waals surface area contributed by atoms with E-state index in [1.165, 1.54) is 17.9 Å². The number of rotatable bonds is 5. The molecule has 1 aromatic rings. The number of hydrogen-bond acceptors (Lipinski definition) is 5. The molecule has 2 rings (SSSR count). The summed E-state index contributed by atoms with van der Waals surface area (Å²) < 4.78 is 5.20. The third-order valence-corrected chi connectivity index (χ3v) is 4.95. The lowest BCUT2D eigenvalue weighted by molar-refractivity contribution is -0.157. The van der Waals surface area contributed by atoms with Crippen molar-refractivity contribution in [2.45, 2.75) is 50.7 Å². The SMILES string of the molecule is C[C@H](OC(=O)/C=C/c1ccc(C#N)cc1)C(=O)N(C)C1(C#N)CCCCC1. The van der Waals surface area contributed by atoms with Gasteiger partial charge in [-0.3, -0.25) is 4.79 Å². The number of carbonyl (C=O) groups is 2. The van der Waals surface area contributed by atoms with Gasteiger partial charge in [0.1, 0.15) is 5.54 Å². The summed E-state index contributed by atoms with van der Waals surface area (Å²) in [6.45, 7) is 1.51. The zero-order valence-corrected chi connectivity index (χ0v) is 15.6. The number of carbonyl (C=O) groups excluding carboxylic acids is 2. The van der Waals surface area contributed by atoms with Gasteiger partial charge in [0, 0.05) is 13.1 Å². The molecule has 6 heteroatoms. The molecule has 1 fully saturated rings. The van der Waals surface area contributed by atoms with Crippen LogP contribution in [0, 0.1) is 22.7 Å². The minimum absolute atomic E-state index is 0.376. The van der Waals surface area contributed by atoms with Crippen molar-refractivity contribution in [3.63, 3.8) is 0 Å². The van der Waals surface area contributed by atoms with Crippen molar-refractivity contribution in [1.82, 2.24) is 4.90 Å². The van der Waals surface area contributed by atoms with Gasteiger partial charge in [0.25, 0.3) is 5.91 Å². The summed E-state index contributed by atoms with van der Waals surface area (Å²) in [5, 5.41) is 18.4. The van der Waals surface area contributed by atoms with Crippen molar-refractivity contribution in [3.8, 4) is 12.1 Å². The van der Waals surface area contributed by atoms with Gasteiger partial charge in [0.2, 0.25) is 0 Å². The molecule has 140 valence electrons. The molecule has 0 unspecified atom stereocenters. The van der Waals surface area contributed by atoms with Crippen molar-refractivity contribution in [2.75, 3.05) is 7.05 Å². The van der Waals surface area contributed by atoms with Crippen LogP contribution in [0.15, 0.2) is 30.3 Å².